The maximum absolute atomic E-state index is 5.38. The zero-order valence-electron chi connectivity index (χ0n) is 9.05. The second kappa shape index (κ2) is 7.90. The van der Waals surface area contributed by atoms with Gasteiger partial charge in [-0.3, -0.25) is 0 Å². The smallest absolute Gasteiger partial charge is 0.410 e. The fraction of sp³-hybridized carbons (Fsp3) is 0.818. The second-order valence-corrected chi connectivity index (χ2v) is 3.54. The molecule has 78 valence electrons. The summed E-state index contributed by atoms with van der Waals surface area (Å²) >= 11 is 0. The topological polar surface area (TPSA) is 18.5 Å². The molecule has 1 heterocycles. The van der Waals surface area contributed by atoms with E-state index in [2.05, 4.69) is 18.8 Å². The standard InChI is InChI=1S/C11H19BO2/c1-2-3-4-5-6-7-9-12-13-10-8-11-14-12/h2-5,8-11H2,1H3. The summed E-state index contributed by atoms with van der Waals surface area (Å²) in [6.07, 6.45) is 6.52. The van der Waals surface area contributed by atoms with Crippen molar-refractivity contribution in [1.82, 2.24) is 0 Å². The van der Waals surface area contributed by atoms with Gasteiger partial charge >= 0.3 is 7.12 Å². The van der Waals surface area contributed by atoms with E-state index < -0.39 is 0 Å². The van der Waals surface area contributed by atoms with Crippen molar-refractivity contribution in [2.24, 2.45) is 0 Å². The fourth-order valence-corrected chi connectivity index (χ4v) is 1.36. The average Bonchev–Trinajstić information content (AvgIpc) is 2.25. The van der Waals surface area contributed by atoms with E-state index in [1.54, 1.807) is 0 Å². The van der Waals surface area contributed by atoms with Crippen LogP contribution >= 0.6 is 0 Å². The Hall–Kier alpha value is -0.455. The molecule has 0 saturated carbocycles. The van der Waals surface area contributed by atoms with Crippen molar-refractivity contribution in [2.45, 2.75) is 45.3 Å². The van der Waals surface area contributed by atoms with Gasteiger partial charge in [-0.2, -0.15) is 0 Å². The molecule has 1 saturated heterocycles. The average molecular weight is 194 g/mol. The Morgan fingerprint density at radius 3 is 2.64 bits per heavy atom. The third-order valence-electron chi connectivity index (χ3n) is 2.20. The van der Waals surface area contributed by atoms with Crippen LogP contribution in [0.3, 0.4) is 0 Å². The fourth-order valence-electron chi connectivity index (χ4n) is 1.36. The van der Waals surface area contributed by atoms with E-state index in [0.29, 0.717) is 0 Å². The van der Waals surface area contributed by atoms with Crippen molar-refractivity contribution < 1.29 is 9.31 Å². The Bertz CT molecular complexity index is 189. The van der Waals surface area contributed by atoms with Crippen LogP contribution in [0.25, 0.3) is 0 Å². The molecule has 0 aromatic carbocycles. The summed E-state index contributed by atoms with van der Waals surface area (Å²) in [5, 5.41) is 0. The molecule has 0 radical (unpaired) electrons. The lowest BCUT2D eigenvalue weighted by Gasteiger charge is -2.17. The van der Waals surface area contributed by atoms with Gasteiger partial charge in [-0.25, -0.2) is 0 Å². The van der Waals surface area contributed by atoms with Crippen LogP contribution in [0.5, 0.6) is 0 Å². The largest absolute Gasteiger partial charge is 0.469 e. The maximum Gasteiger partial charge on any atom is 0.469 e. The molecule has 3 heteroatoms. The zero-order valence-corrected chi connectivity index (χ0v) is 9.05. The minimum Gasteiger partial charge on any atom is -0.410 e. The van der Waals surface area contributed by atoms with Crippen molar-refractivity contribution in [2.75, 3.05) is 13.2 Å². The van der Waals surface area contributed by atoms with Gasteiger partial charge in [-0.05, 0) is 12.8 Å². The molecular weight excluding hydrogens is 175 g/mol. The molecular formula is C11H19BO2. The highest BCUT2D eigenvalue weighted by atomic mass is 16.6. The summed E-state index contributed by atoms with van der Waals surface area (Å²) in [5.74, 6) is 6.27. The zero-order chi connectivity index (χ0) is 10.1. The summed E-state index contributed by atoms with van der Waals surface area (Å²) < 4.78 is 10.8. The van der Waals surface area contributed by atoms with Gasteiger partial charge in [0.1, 0.15) is 0 Å². The van der Waals surface area contributed by atoms with E-state index in [1.165, 1.54) is 19.3 Å². The molecule has 1 aliphatic rings. The van der Waals surface area contributed by atoms with E-state index >= 15 is 0 Å². The van der Waals surface area contributed by atoms with Crippen molar-refractivity contribution in [3.05, 3.63) is 0 Å². The van der Waals surface area contributed by atoms with Crippen LogP contribution in [-0.2, 0) is 9.31 Å². The highest BCUT2D eigenvalue weighted by Gasteiger charge is 2.19. The lowest BCUT2D eigenvalue weighted by atomic mass is 9.84. The van der Waals surface area contributed by atoms with Crippen LogP contribution in [0, 0.1) is 11.8 Å². The number of unbranched alkanes of at least 4 members (excludes halogenated alkanes) is 3. The molecule has 14 heavy (non-hydrogen) atoms. The highest BCUT2D eigenvalue weighted by Crippen LogP contribution is 2.04. The summed E-state index contributed by atoms with van der Waals surface area (Å²) in [7, 11) is -0.0672. The summed E-state index contributed by atoms with van der Waals surface area (Å²) in [5.41, 5.74) is 0. The first-order chi connectivity index (χ1) is 6.93. The van der Waals surface area contributed by atoms with Gasteiger partial charge in [0.25, 0.3) is 0 Å². The number of hydrogen-bond acceptors (Lipinski definition) is 2. The SMILES string of the molecule is CCCCCC#CCB1OCCCO1. The van der Waals surface area contributed by atoms with E-state index in [1.807, 2.05) is 0 Å². The molecule has 0 N–H and O–H groups in total. The van der Waals surface area contributed by atoms with Crippen molar-refractivity contribution >= 4 is 7.12 Å². The Morgan fingerprint density at radius 2 is 1.93 bits per heavy atom. The molecule has 0 unspecified atom stereocenters. The quantitative estimate of drug-likeness (QED) is 0.389. The Balaban J connectivity index is 2.00. The van der Waals surface area contributed by atoms with Crippen LogP contribution in [0.15, 0.2) is 0 Å². The van der Waals surface area contributed by atoms with E-state index in [0.717, 1.165) is 32.4 Å². The summed E-state index contributed by atoms with van der Waals surface area (Å²) in [4.78, 5) is 0. The normalized spacial score (nSPS) is 16.2. The lowest BCUT2D eigenvalue weighted by molar-refractivity contribution is 0.136. The van der Waals surface area contributed by atoms with Crippen LogP contribution < -0.4 is 0 Å². The Morgan fingerprint density at radius 1 is 1.14 bits per heavy atom. The number of rotatable bonds is 4. The van der Waals surface area contributed by atoms with Crippen molar-refractivity contribution in [1.29, 1.82) is 0 Å². The van der Waals surface area contributed by atoms with Gasteiger partial charge in [-0.15, -0.1) is 11.8 Å². The second-order valence-electron chi connectivity index (χ2n) is 3.54. The molecule has 0 atom stereocenters. The molecule has 1 fully saturated rings. The molecule has 0 bridgehead atoms. The van der Waals surface area contributed by atoms with Gasteiger partial charge in [0.2, 0.25) is 0 Å². The molecule has 0 aliphatic carbocycles. The lowest BCUT2D eigenvalue weighted by Crippen LogP contribution is -2.28. The third kappa shape index (κ3) is 5.31. The predicted molar refractivity (Wildman–Crippen MR) is 59.0 cm³/mol. The van der Waals surface area contributed by atoms with Crippen LogP contribution in [0.1, 0.15) is 39.0 Å². The van der Waals surface area contributed by atoms with Crippen molar-refractivity contribution in [3.63, 3.8) is 0 Å². The molecule has 2 nitrogen and oxygen atoms in total. The third-order valence-corrected chi connectivity index (χ3v) is 2.20. The van der Waals surface area contributed by atoms with Crippen molar-refractivity contribution in [3.8, 4) is 11.8 Å². The first-order valence-corrected chi connectivity index (χ1v) is 5.62. The molecule has 0 amide bonds. The Kier molecular flexibility index (Phi) is 6.56. The number of hydrogen-bond donors (Lipinski definition) is 0. The monoisotopic (exact) mass is 194 g/mol. The van der Waals surface area contributed by atoms with E-state index in [9.17, 15) is 0 Å². The molecule has 0 aromatic rings. The van der Waals surface area contributed by atoms with Gasteiger partial charge in [-0.1, -0.05) is 19.8 Å². The predicted octanol–water partition coefficient (Wildman–Crippen LogP) is 2.50. The minimum atomic E-state index is -0.0672. The summed E-state index contributed by atoms with van der Waals surface area (Å²) in [6, 6.07) is 0. The van der Waals surface area contributed by atoms with E-state index in [-0.39, 0.29) is 7.12 Å². The van der Waals surface area contributed by atoms with Gasteiger partial charge < -0.3 is 9.31 Å². The highest BCUT2D eigenvalue weighted by molar-refractivity contribution is 6.45. The maximum atomic E-state index is 5.38. The van der Waals surface area contributed by atoms with E-state index in [4.69, 9.17) is 9.31 Å². The van der Waals surface area contributed by atoms with Gasteiger partial charge in [0.05, 0.1) is 0 Å². The summed E-state index contributed by atoms with van der Waals surface area (Å²) in [6.45, 7) is 3.85. The first-order valence-electron chi connectivity index (χ1n) is 5.62. The van der Waals surface area contributed by atoms with Crippen LogP contribution in [-0.4, -0.2) is 20.3 Å². The minimum absolute atomic E-state index is 0.0672. The Labute approximate surface area is 87.5 Å². The molecule has 0 spiro atoms. The first kappa shape index (κ1) is 11.6. The molecule has 1 aliphatic heterocycles. The molecule has 0 aromatic heterocycles. The van der Waals surface area contributed by atoms with Gasteiger partial charge in [0.15, 0.2) is 0 Å². The molecule has 1 rings (SSSR count). The van der Waals surface area contributed by atoms with Crippen LogP contribution in [0.2, 0.25) is 6.32 Å². The van der Waals surface area contributed by atoms with Gasteiger partial charge in [0, 0.05) is 26.0 Å². The van der Waals surface area contributed by atoms with Crippen LogP contribution in [0.4, 0.5) is 0 Å².